The van der Waals surface area contributed by atoms with Crippen LogP contribution in [0.5, 0.6) is 17.2 Å². The molecule has 12 nitrogen and oxygen atoms in total. The molecule has 3 N–H and O–H groups in total. The van der Waals surface area contributed by atoms with E-state index in [1.807, 2.05) is 0 Å². The zero-order valence-electron chi connectivity index (χ0n) is 19.9. The van der Waals surface area contributed by atoms with E-state index < -0.39 is 10.0 Å². The van der Waals surface area contributed by atoms with E-state index in [9.17, 15) is 8.42 Å². The molecule has 2 heterocycles. The molecule has 0 saturated heterocycles. The molecular weight excluding hydrogens is 488 g/mol. The first-order valence-electron chi connectivity index (χ1n) is 10.9. The summed E-state index contributed by atoms with van der Waals surface area (Å²) in [6.07, 6.45) is 3.02. The van der Waals surface area contributed by atoms with Gasteiger partial charge in [-0.1, -0.05) is 12.1 Å². The normalized spacial score (nSPS) is 11.3. The van der Waals surface area contributed by atoms with Crippen LogP contribution in [0.25, 0.3) is 11.0 Å². The third-order valence-corrected chi connectivity index (χ3v) is 6.37. The highest BCUT2D eigenvalue weighted by Crippen LogP contribution is 2.42. The van der Waals surface area contributed by atoms with Crippen LogP contribution in [0, 0.1) is 0 Å². The summed E-state index contributed by atoms with van der Waals surface area (Å²) in [6.45, 7) is 0.176. The fourth-order valence-electron chi connectivity index (χ4n) is 3.34. The lowest BCUT2D eigenvalue weighted by molar-refractivity contribution is 0.228. The third kappa shape index (κ3) is 5.42. The molecule has 0 aliphatic heterocycles. The van der Waals surface area contributed by atoms with Gasteiger partial charge in [-0.15, -0.1) is 0 Å². The van der Waals surface area contributed by atoms with Crippen molar-refractivity contribution in [2.75, 3.05) is 37.5 Å². The number of ether oxygens (including phenoxy) is 3. The Balaban J connectivity index is 1.81. The first-order valence-corrected chi connectivity index (χ1v) is 12.4. The van der Waals surface area contributed by atoms with Crippen LogP contribution in [0.3, 0.4) is 0 Å². The minimum Gasteiger partial charge on any atom is -0.497 e. The second kappa shape index (κ2) is 10.7. The van der Waals surface area contributed by atoms with E-state index in [-0.39, 0.29) is 29.7 Å². The SMILES string of the molecule is COc1cc(Nc2nc3ccccc3nc2NS(=O)(=O)c2cnn(C)c2)c(OCCCO)c(OC)c1. The number of benzene rings is 2. The van der Waals surface area contributed by atoms with Gasteiger partial charge >= 0.3 is 0 Å². The Morgan fingerprint density at radius 2 is 1.78 bits per heavy atom. The molecule has 0 radical (unpaired) electrons. The molecule has 0 amide bonds. The van der Waals surface area contributed by atoms with Crippen molar-refractivity contribution in [2.45, 2.75) is 11.3 Å². The van der Waals surface area contributed by atoms with Crippen LogP contribution in [0.1, 0.15) is 6.42 Å². The Labute approximate surface area is 207 Å². The monoisotopic (exact) mass is 514 g/mol. The van der Waals surface area contributed by atoms with Gasteiger partial charge in [0.1, 0.15) is 10.6 Å². The number of aliphatic hydroxyl groups is 1. The quantitative estimate of drug-likeness (QED) is 0.255. The highest BCUT2D eigenvalue weighted by atomic mass is 32.2. The van der Waals surface area contributed by atoms with Crippen molar-refractivity contribution >= 4 is 38.4 Å². The topological polar surface area (TPSA) is 150 Å². The van der Waals surface area contributed by atoms with Crippen LogP contribution in [-0.4, -0.2) is 60.7 Å². The number of hydrogen-bond donors (Lipinski definition) is 3. The smallest absolute Gasteiger partial charge is 0.266 e. The Morgan fingerprint density at radius 3 is 2.39 bits per heavy atom. The van der Waals surface area contributed by atoms with Crippen LogP contribution >= 0.6 is 0 Å². The summed E-state index contributed by atoms with van der Waals surface area (Å²) in [5.74, 6) is 1.28. The van der Waals surface area contributed by atoms with Crippen LogP contribution in [0.4, 0.5) is 17.3 Å². The lowest BCUT2D eigenvalue weighted by Crippen LogP contribution is -2.16. The lowest BCUT2D eigenvalue weighted by Gasteiger charge is -2.19. The number of aromatic nitrogens is 4. The molecule has 0 fully saturated rings. The molecule has 0 aliphatic carbocycles. The molecule has 190 valence electrons. The fourth-order valence-corrected chi connectivity index (χ4v) is 4.33. The summed E-state index contributed by atoms with van der Waals surface area (Å²) in [5, 5.41) is 16.2. The highest BCUT2D eigenvalue weighted by molar-refractivity contribution is 7.92. The van der Waals surface area contributed by atoms with E-state index in [1.165, 1.54) is 31.3 Å². The van der Waals surface area contributed by atoms with Crippen molar-refractivity contribution in [3.05, 3.63) is 48.8 Å². The van der Waals surface area contributed by atoms with Crippen molar-refractivity contribution in [1.82, 2.24) is 19.7 Å². The number of methoxy groups -OCH3 is 2. The van der Waals surface area contributed by atoms with Gasteiger partial charge in [-0.2, -0.15) is 5.10 Å². The summed E-state index contributed by atoms with van der Waals surface area (Å²) >= 11 is 0. The first-order chi connectivity index (χ1) is 17.3. The van der Waals surface area contributed by atoms with Crippen molar-refractivity contribution in [2.24, 2.45) is 7.05 Å². The average molecular weight is 515 g/mol. The number of rotatable bonds is 11. The highest BCUT2D eigenvalue weighted by Gasteiger charge is 2.22. The summed E-state index contributed by atoms with van der Waals surface area (Å²) in [7, 11) is 0.603. The van der Waals surface area contributed by atoms with Gasteiger partial charge in [0, 0.05) is 38.4 Å². The predicted molar refractivity (Wildman–Crippen MR) is 134 cm³/mol. The Hall–Kier alpha value is -4.10. The molecule has 4 aromatic rings. The van der Waals surface area contributed by atoms with Gasteiger partial charge in [0.2, 0.25) is 0 Å². The largest absolute Gasteiger partial charge is 0.497 e. The van der Waals surface area contributed by atoms with E-state index in [4.69, 9.17) is 19.3 Å². The van der Waals surface area contributed by atoms with Gasteiger partial charge < -0.3 is 24.6 Å². The van der Waals surface area contributed by atoms with Crippen LogP contribution in [-0.2, 0) is 17.1 Å². The number of anilines is 3. The molecule has 0 aliphatic rings. The fraction of sp³-hybridized carbons (Fsp3) is 0.261. The molecular formula is C23H26N6O6S. The summed E-state index contributed by atoms with van der Waals surface area (Å²) < 4.78 is 46.7. The minimum absolute atomic E-state index is 0.0259. The van der Waals surface area contributed by atoms with E-state index >= 15 is 0 Å². The maximum absolute atomic E-state index is 13.0. The zero-order valence-corrected chi connectivity index (χ0v) is 20.7. The van der Waals surface area contributed by atoms with Gasteiger partial charge in [0.15, 0.2) is 23.1 Å². The zero-order chi connectivity index (χ0) is 25.7. The number of hydrogen-bond acceptors (Lipinski definition) is 10. The number of aryl methyl sites for hydroxylation is 1. The number of sulfonamides is 1. The van der Waals surface area contributed by atoms with E-state index in [0.29, 0.717) is 40.4 Å². The number of nitrogens with one attached hydrogen (secondary N) is 2. The lowest BCUT2D eigenvalue weighted by atomic mass is 10.2. The van der Waals surface area contributed by atoms with Gasteiger partial charge in [0.05, 0.1) is 43.7 Å². The second-order valence-corrected chi connectivity index (χ2v) is 9.30. The van der Waals surface area contributed by atoms with Gasteiger partial charge in [-0.25, -0.2) is 18.4 Å². The van der Waals surface area contributed by atoms with Crippen molar-refractivity contribution in [3.63, 3.8) is 0 Å². The number of fused-ring (bicyclic) bond motifs is 1. The van der Waals surface area contributed by atoms with Gasteiger partial charge in [-0.05, 0) is 12.1 Å². The number of nitrogens with zero attached hydrogens (tertiary/aromatic N) is 4. The minimum atomic E-state index is -4.01. The second-order valence-electron chi connectivity index (χ2n) is 7.62. The van der Waals surface area contributed by atoms with Gasteiger partial charge in [0.25, 0.3) is 10.0 Å². The summed E-state index contributed by atoms with van der Waals surface area (Å²) in [5.41, 5.74) is 1.44. The number of aliphatic hydroxyl groups excluding tert-OH is 1. The average Bonchev–Trinajstić information content (AvgIpc) is 3.32. The Morgan fingerprint density at radius 1 is 1.06 bits per heavy atom. The Kier molecular flexibility index (Phi) is 7.41. The third-order valence-electron chi connectivity index (χ3n) is 5.08. The van der Waals surface area contributed by atoms with Crippen LogP contribution in [0.15, 0.2) is 53.7 Å². The molecule has 0 unspecified atom stereocenters. The van der Waals surface area contributed by atoms with Crippen molar-refractivity contribution in [3.8, 4) is 17.2 Å². The maximum Gasteiger partial charge on any atom is 0.266 e. The molecule has 2 aromatic carbocycles. The van der Waals surface area contributed by atoms with Gasteiger partial charge in [-0.3, -0.25) is 9.40 Å². The van der Waals surface area contributed by atoms with E-state index in [2.05, 4.69) is 25.1 Å². The van der Waals surface area contributed by atoms with E-state index in [0.717, 1.165) is 0 Å². The molecule has 13 heteroatoms. The molecule has 4 rings (SSSR count). The summed E-state index contributed by atoms with van der Waals surface area (Å²) in [4.78, 5) is 9.08. The predicted octanol–water partition coefficient (Wildman–Crippen LogP) is 2.69. The first kappa shape index (κ1) is 25.0. The van der Waals surface area contributed by atoms with Crippen molar-refractivity contribution < 1.29 is 27.7 Å². The van der Waals surface area contributed by atoms with Crippen LogP contribution in [0.2, 0.25) is 0 Å². The summed E-state index contributed by atoms with van der Waals surface area (Å²) in [6, 6.07) is 10.4. The molecule has 36 heavy (non-hydrogen) atoms. The van der Waals surface area contributed by atoms with Crippen molar-refractivity contribution in [1.29, 1.82) is 0 Å². The van der Waals surface area contributed by atoms with Crippen LogP contribution < -0.4 is 24.2 Å². The maximum atomic E-state index is 13.0. The molecule has 2 aromatic heterocycles. The molecule has 0 saturated carbocycles. The number of para-hydroxylation sites is 2. The Bertz CT molecular complexity index is 1470. The molecule has 0 spiro atoms. The van der Waals surface area contributed by atoms with E-state index in [1.54, 1.807) is 43.4 Å². The molecule has 0 atom stereocenters. The molecule has 0 bridgehead atoms. The standard InChI is InChI=1S/C23H26N6O6S/c1-29-14-16(13-24-29)36(31,32)28-23-22(25-17-7-4-5-8-18(17)26-23)27-19-11-15(33-2)12-20(34-3)21(19)35-10-6-9-30/h4-5,7-8,11-14,30H,6,9-10H2,1-3H3,(H,25,27)(H,26,28).